The van der Waals surface area contributed by atoms with Gasteiger partial charge in [-0.1, -0.05) is 55.1 Å². The Hall–Kier alpha value is -4.01. The Morgan fingerprint density at radius 1 is 0.973 bits per heavy atom. The standard InChI is InChI=1S/C28H37N3O6/c1-5-19-35-24-17-10-9-15-22(24)30-25(32)23(31-27(34)37-28(2,3)4)16-11-12-18-29-26(33)36-20-21-13-7-6-8-14-21/h5-10,13-15,17,23H,1,11-12,16,18-20H2,2-4H3,(H,29,33)(H,30,32)(H,31,34)/t23-/m1/s1. The van der Waals surface area contributed by atoms with Gasteiger partial charge in [-0.2, -0.15) is 0 Å². The number of alkyl carbamates (subject to hydrolysis) is 2. The van der Waals surface area contributed by atoms with Crippen molar-refractivity contribution in [1.29, 1.82) is 0 Å². The number of benzene rings is 2. The first kappa shape index (κ1) is 29.2. The van der Waals surface area contributed by atoms with Crippen LogP contribution in [0.15, 0.2) is 67.3 Å². The molecule has 3 amide bonds. The lowest BCUT2D eigenvalue weighted by Gasteiger charge is -2.23. The number of nitrogens with one attached hydrogen (secondary N) is 3. The van der Waals surface area contributed by atoms with Crippen LogP contribution >= 0.6 is 0 Å². The van der Waals surface area contributed by atoms with E-state index in [9.17, 15) is 14.4 Å². The fraction of sp³-hybridized carbons (Fsp3) is 0.393. The van der Waals surface area contributed by atoms with Crippen molar-refractivity contribution >= 4 is 23.8 Å². The molecule has 0 fully saturated rings. The van der Waals surface area contributed by atoms with E-state index in [0.717, 1.165) is 5.56 Å². The van der Waals surface area contributed by atoms with Crippen LogP contribution in [-0.2, 0) is 20.9 Å². The summed E-state index contributed by atoms with van der Waals surface area (Å²) in [6.45, 7) is 9.71. The number of rotatable bonds is 13. The molecule has 1 atom stereocenters. The molecular weight excluding hydrogens is 474 g/mol. The maximum absolute atomic E-state index is 13.1. The number of hydrogen-bond donors (Lipinski definition) is 3. The zero-order valence-corrected chi connectivity index (χ0v) is 21.8. The molecule has 37 heavy (non-hydrogen) atoms. The lowest BCUT2D eigenvalue weighted by atomic mass is 10.1. The Morgan fingerprint density at radius 3 is 2.38 bits per heavy atom. The van der Waals surface area contributed by atoms with Crippen LogP contribution in [0.4, 0.5) is 15.3 Å². The molecule has 0 saturated carbocycles. The summed E-state index contributed by atoms with van der Waals surface area (Å²) in [6.07, 6.45) is 1.88. The molecule has 0 heterocycles. The molecule has 2 rings (SSSR count). The second kappa shape index (κ2) is 15.2. The van der Waals surface area contributed by atoms with Crippen molar-refractivity contribution in [3.05, 3.63) is 72.8 Å². The predicted molar refractivity (Wildman–Crippen MR) is 142 cm³/mol. The Kier molecular flexibility index (Phi) is 12.0. The maximum atomic E-state index is 13.1. The van der Waals surface area contributed by atoms with Crippen LogP contribution in [0.3, 0.4) is 0 Å². The van der Waals surface area contributed by atoms with Gasteiger partial charge >= 0.3 is 12.2 Å². The van der Waals surface area contributed by atoms with Gasteiger partial charge in [-0.05, 0) is 57.7 Å². The molecule has 0 spiro atoms. The molecule has 0 bridgehead atoms. The van der Waals surface area contributed by atoms with Crippen molar-refractivity contribution in [3.63, 3.8) is 0 Å². The molecule has 0 unspecified atom stereocenters. The topological polar surface area (TPSA) is 115 Å². The molecule has 3 N–H and O–H groups in total. The number of unbranched alkanes of at least 4 members (excludes halogenated alkanes) is 1. The third-order valence-corrected chi connectivity index (χ3v) is 4.91. The largest absolute Gasteiger partial charge is 0.487 e. The number of hydrogen-bond acceptors (Lipinski definition) is 6. The first-order valence-corrected chi connectivity index (χ1v) is 12.3. The fourth-order valence-corrected chi connectivity index (χ4v) is 3.22. The minimum absolute atomic E-state index is 0.187. The van der Waals surface area contributed by atoms with Crippen molar-refractivity contribution in [2.75, 3.05) is 18.5 Å². The van der Waals surface area contributed by atoms with Crippen molar-refractivity contribution in [2.24, 2.45) is 0 Å². The van der Waals surface area contributed by atoms with Crippen molar-refractivity contribution in [1.82, 2.24) is 10.6 Å². The number of carbonyl (C=O) groups is 3. The van der Waals surface area contributed by atoms with Crippen LogP contribution in [0.25, 0.3) is 0 Å². The van der Waals surface area contributed by atoms with Gasteiger partial charge in [-0.15, -0.1) is 0 Å². The Balaban J connectivity index is 1.88. The Morgan fingerprint density at radius 2 is 1.68 bits per heavy atom. The average Bonchev–Trinajstić information content (AvgIpc) is 2.85. The first-order chi connectivity index (χ1) is 17.7. The summed E-state index contributed by atoms with van der Waals surface area (Å²) < 4.78 is 16.1. The van der Waals surface area contributed by atoms with E-state index < -0.39 is 29.7 Å². The molecule has 0 aliphatic carbocycles. The third-order valence-electron chi connectivity index (χ3n) is 4.91. The number of ether oxygens (including phenoxy) is 3. The van der Waals surface area contributed by atoms with Crippen LogP contribution in [0.1, 0.15) is 45.6 Å². The Bertz CT molecular complexity index is 1020. The van der Waals surface area contributed by atoms with Crippen LogP contribution < -0.4 is 20.7 Å². The van der Waals surface area contributed by atoms with E-state index >= 15 is 0 Å². The maximum Gasteiger partial charge on any atom is 0.408 e. The van der Waals surface area contributed by atoms with E-state index in [4.69, 9.17) is 14.2 Å². The van der Waals surface area contributed by atoms with Crippen LogP contribution in [0, 0.1) is 0 Å². The molecule has 0 aliphatic heterocycles. The van der Waals surface area contributed by atoms with E-state index in [1.165, 1.54) is 0 Å². The second-order valence-electron chi connectivity index (χ2n) is 9.27. The summed E-state index contributed by atoms with van der Waals surface area (Å²) in [5.41, 5.74) is 0.671. The van der Waals surface area contributed by atoms with Crippen LogP contribution in [-0.4, -0.2) is 42.9 Å². The molecule has 9 nitrogen and oxygen atoms in total. The van der Waals surface area contributed by atoms with Crippen molar-refractivity contribution in [2.45, 2.75) is 58.3 Å². The van der Waals surface area contributed by atoms with Gasteiger partial charge in [0.2, 0.25) is 5.91 Å². The lowest BCUT2D eigenvalue weighted by molar-refractivity contribution is -0.118. The SMILES string of the molecule is C=CCOc1ccccc1NC(=O)[C@@H](CCCCNC(=O)OCc1ccccc1)NC(=O)OC(C)(C)C. The molecule has 0 radical (unpaired) electrons. The van der Waals surface area contributed by atoms with Gasteiger partial charge in [-0.25, -0.2) is 9.59 Å². The molecule has 2 aromatic rings. The molecule has 200 valence electrons. The highest BCUT2D eigenvalue weighted by molar-refractivity contribution is 5.97. The number of amides is 3. The van der Waals surface area contributed by atoms with Gasteiger partial charge in [0.05, 0.1) is 5.69 Å². The molecule has 0 aliphatic rings. The van der Waals surface area contributed by atoms with Crippen molar-refractivity contribution in [3.8, 4) is 5.75 Å². The summed E-state index contributed by atoms with van der Waals surface area (Å²) in [5, 5.41) is 8.17. The lowest BCUT2D eigenvalue weighted by Crippen LogP contribution is -2.45. The van der Waals surface area contributed by atoms with Gasteiger partial charge < -0.3 is 30.2 Å². The summed E-state index contributed by atoms with van der Waals surface area (Å²) in [7, 11) is 0. The average molecular weight is 512 g/mol. The number of anilines is 1. The van der Waals surface area contributed by atoms with Gasteiger partial charge in [0, 0.05) is 6.54 Å². The zero-order chi connectivity index (χ0) is 27.1. The molecular formula is C28H37N3O6. The second-order valence-corrected chi connectivity index (χ2v) is 9.27. The van der Waals surface area contributed by atoms with Gasteiger partial charge in [0.15, 0.2) is 0 Å². The zero-order valence-electron chi connectivity index (χ0n) is 21.8. The molecule has 0 aromatic heterocycles. The normalized spacial score (nSPS) is 11.5. The smallest absolute Gasteiger partial charge is 0.408 e. The van der Waals surface area contributed by atoms with Crippen LogP contribution in [0.5, 0.6) is 5.75 Å². The van der Waals surface area contributed by atoms with E-state index in [1.54, 1.807) is 51.1 Å². The monoisotopic (exact) mass is 511 g/mol. The highest BCUT2D eigenvalue weighted by atomic mass is 16.6. The summed E-state index contributed by atoms with van der Waals surface area (Å²) in [4.78, 5) is 37.4. The van der Waals surface area contributed by atoms with E-state index in [-0.39, 0.29) is 13.2 Å². The van der Waals surface area contributed by atoms with E-state index in [1.807, 2.05) is 30.3 Å². The molecule has 0 saturated heterocycles. The minimum Gasteiger partial charge on any atom is -0.487 e. The summed E-state index contributed by atoms with van der Waals surface area (Å²) in [6, 6.07) is 15.6. The van der Waals surface area contributed by atoms with Gasteiger partial charge in [0.1, 0.15) is 30.6 Å². The third kappa shape index (κ3) is 12.0. The van der Waals surface area contributed by atoms with E-state index in [0.29, 0.717) is 37.2 Å². The number of para-hydroxylation sites is 2. The van der Waals surface area contributed by atoms with Gasteiger partial charge in [0.25, 0.3) is 0 Å². The number of carbonyl (C=O) groups excluding carboxylic acids is 3. The van der Waals surface area contributed by atoms with E-state index in [2.05, 4.69) is 22.5 Å². The van der Waals surface area contributed by atoms with Crippen LogP contribution in [0.2, 0.25) is 0 Å². The predicted octanol–water partition coefficient (Wildman–Crippen LogP) is 5.18. The Labute approximate surface area is 218 Å². The quantitative estimate of drug-likeness (QED) is 0.252. The molecule has 9 heteroatoms. The minimum atomic E-state index is -0.854. The van der Waals surface area contributed by atoms with Gasteiger partial charge in [-0.3, -0.25) is 4.79 Å². The highest BCUT2D eigenvalue weighted by Crippen LogP contribution is 2.24. The summed E-state index contributed by atoms with van der Waals surface area (Å²) in [5.74, 6) is 0.0840. The van der Waals surface area contributed by atoms with Crippen molar-refractivity contribution < 1.29 is 28.6 Å². The first-order valence-electron chi connectivity index (χ1n) is 12.3. The highest BCUT2D eigenvalue weighted by Gasteiger charge is 2.25. The summed E-state index contributed by atoms with van der Waals surface area (Å²) >= 11 is 0. The molecule has 2 aromatic carbocycles. The fourth-order valence-electron chi connectivity index (χ4n) is 3.22.